The monoisotopic (exact) mass is 360 g/mol. The number of piperazine rings is 1. The molecule has 2 aliphatic rings. The van der Waals surface area contributed by atoms with E-state index in [4.69, 9.17) is 0 Å². The normalized spacial score (nSPS) is 18.2. The molecule has 0 N–H and O–H groups in total. The van der Waals surface area contributed by atoms with Gasteiger partial charge in [-0.05, 0) is 31.9 Å². The van der Waals surface area contributed by atoms with Crippen LogP contribution in [0.15, 0.2) is 18.2 Å². The van der Waals surface area contributed by atoms with Crippen molar-refractivity contribution in [3.63, 3.8) is 0 Å². The highest BCUT2D eigenvalue weighted by molar-refractivity contribution is 5.94. The summed E-state index contributed by atoms with van der Waals surface area (Å²) in [6, 6.07) is 4.47. The summed E-state index contributed by atoms with van der Waals surface area (Å²) in [5.41, 5.74) is 0.970. The number of likely N-dealkylation sites (tertiary alicyclic amines) is 1. The number of nitrogens with zero attached hydrogens (tertiary/aromatic N) is 4. The molecule has 0 aliphatic carbocycles. The third-order valence-corrected chi connectivity index (χ3v) is 5.12. The number of carbonyl (C=O) groups is 2. The number of hydrogen-bond acceptors (Lipinski definition) is 5. The molecular weight excluding hydrogens is 336 g/mol. The minimum absolute atomic E-state index is 0.0202. The van der Waals surface area contributed by atoms with E-state index in [9.17, 15) is 19.7 Å². The summed E-state index contributed by atoms with van der Waals surface area (Å²) in [4.78, 5) is 41.1. The Morgan fingerprint density at radius 1 is 1.04 bits per heavy atom. The summed E-state index contributed by atoms with van der Waals surface area (Å²) in [5, 5.41) is 10.9. The van der Waals surface area contributed by atoms with Crippen molar-refractivity contribution in [3.05, 3.63) is 39.4 Å². The minimum Gasteiger partial charge on any atom is -0.342 e. The lowest BCUT2D eigenvalue weighted by atomic mass is 10.1. The number of nitro groups is 1. The van der Waals surface area contributed by atoms with Gasteiger partial charge in [-0.25, -0.2) is 0 Å². The number of carbonyl (C=O) groups excluding carboxylic acids is 2. The van der Waals surface area contributed by atoms with E-state index in [0.717, 1.165) is 25.9 Å². The van der Waals surface area contributed by atoms with Gasteiger partial charge in [-0.3, -0.25) is 24.6 Å². The van der Waals surface area contributed by atoms with Gasteiger partial charge in [0.15, 0.2) is 0 Å². The van der Waals surface area contributed by atoms with Crippen LogP contribution >= 0.6 is 0 Å². The first-order valence-electron chi connectivity index (χ1n) is 9.00. The molecule has 0 radical (unpaired) electrons. The van der Waals surface area contributed by atoms with Crippen LogP contribution in [-0.2, 0) is 4.79 Å². The van der Waals surface area contributed by atoms with E-state index >= 15 is 0 Å². The van der Waals surface area contributed by atoms with E-state index in [1.165, 1.54) is 12.1 Å². The van der Waals surface area contributed by atoms with Gasteiger partial charge in [-0.15, -0.1) is 0 Å². The first-order valence-corrected chi connectivity index (χ1v) is 9.00. The van der Waals surface area contributed by atoms with Crippen LogP contribution in [0.2, 0.25) is 0 Å². The molecule has 0 spiro atoms. The van der Waals surface area contributed by atoms with Crippen LogP contribution < -0.4 is 0 Å². The summed E-state index contributed by atoms with van der Waals surface area (Å²) in [7, 11) is 0. The van der Waals surface area contributed by atoms with Gasteiger partial charge in [0.2, 0.25) is 5.91 Å². The smallest absolute Gasteiger partial charge is 0.272 e. The molecule has 2 saturated heterocycles. The van der Waals surface area contributed by atoms with E-state index in [-0.39, 0.29) is 17.5 Å². The third kappa shape index (κ3) is 4.01. The van der Waals surface area contributed by atoms with Gasteiger partial charge in [0.25, 0.3) is 11.6 Å². The van der Waals surface area contributed by atoms with Gasteiger partial charge >= 0.3 is 0 Å². The summed E-state index contributed by atoms with van der Waals surface area (Å²) in [6.07, 6.45) is 2.17. The molecule has 8 nitrogen and oxygen atoms in total. The van der Waals surface area contributed by atoms with E-state index in [2.05, 4.69) is 4.90 Å². The average Bonchev–Trinajstić information content (AvgIpc) is 3.16. The van der Waals surface area contributed by atoms with Crippen molar-refractivity contribution in [1.82, 2.24) is 14.7 Å². The lowest BCUT2D eigenvalue weighted by Crippen LogP contribution is -2.51. The number of aryl methyl sites for hydroxylation is 1. The predicted molar refractivity (Wildman–Crippen MR) is 96.0 cm³/mol. The maximum atomic E-state index is 12.6. The van der Waals surface area contributed by atoms with Crippen LogP contribution in [0.25, 0.3) is 0 Å². The standard InChI is InChI=1S/C18H24N4O4/c1-14-12-15(4-5-16(14)22(25)26)18(24)21-10-8-19(9-11-21)13-17(23)20-6-2-3-7-20/h4-5,12H,2-3,6-11,13H2,1H3. The molecule has 0 atom stereocenters. The zero-order valence-electron chi connectivity index (χ0n) is 15.0. The summed E-state index contributed by atoms with van der Waals surface area (Å²) < 4.78 is 0. The summed E-state index contributed by atoms with van der Waals surface area (Å²) in [5.74, 6) is 0.0572. The third-order valence-electron chi connectivity index (χ3n) is 5.12. The fraction of sp³-hybridized carbons (Fsp3) is 0.556. The first kappa shape index (κ1) is 18.3. The SMILES string of the molecule is Cc1cc(C(=O)N2CCN(CC(=O)N3CCCC3)CC2)ccc1[N+](=O)[O-]. The van der Waals surface area contributed by atoms with Crippen LogP contribution in [0, 0.1) is 17.0 Å². The molecule has 2 fully saturated rings. The van der Waals surface area contributed by atoms with Crippen molar-refractivity contribution in [2.24, 2.45) is 0 Å². The second kappa shape index (κ2) is 7.82. The van der Waals surface area contributed by atoms with Crippen LogP contribution in [0.3, 0.4) is 0 Å². The van der Waals surface area contributed by atoms with Gasteiger partial charge < -0.3 is 9.80 Å². The zero-order chi connectivity index (χ0) is 18.7. The Bertz CT molecular complexity index is 707. The van der Waals surface area contributed by atoms with E-state index in [0.29, 0.717) is 43.9 Å². The Kier molecular flexibility index (Phi) is 5.51. The van der Waals surface area contributed by atoms with Gasteiger partial charge in [0.1, 0.15) is 0 Å². The topological polar surface area (TPSA) is 87.0 Å². The Morgan fingerprint density at radius 3 is 2.27 bits per heavy atom. The number of rotatable bonds is 4. The van der Waals surface area contributed by atoms with Crippen LogP contribution in [-0.4, -0.2) is 77.3 Å². The highest BCUT2D eigenvalue weighted by atomic mass is 16.6. The number of hydrogen-bond donors (Lipinski definition) is 0. The number of benzene rings is 1. The maximum Gasteiger partial charge on any atom is 0.272 e. The molecule has 0 aromatic heterocycles. The molecular formula is C18H24N4O4. The molecule has 2 heterocycles. The van der Waals surface area contributed by atoms with Crippen molar-refractivity contribution in [1.29, 1.82) is 0 Å². The Morgan fingerprint density at radius 2 is 1.69 bits per heavy atom. The molecule has 0 unspecified atom stereocenters. The van der Waals surface area contributed by atoms with Crippen LogP contribution in [0.4, 0.5) is 5.69 Å². The van der Waals surface area contributed by atoms with E-state index < -0.39 is 4.92 Å². The minimum atomic E-state index is -0.445. The average molecular weight is 360 g/mol. The van der Waals surface area contributed by atoms with Crippen molar-refractivity contribution in [3.8, 4) is 0 Å². The zero-order valence-corrected chi connectivity index (χ0v) is 15.0. The predicted octanol–water partition coefficient (Wildman–Crippen LogP) is 1.28. The quantitative estimate of drug-likeness (QED) is 0.596. The van der Waals surface area contributed by atoms with Crippen LogP contribution in [0.1, 0.15) is 28.8 Å². The number of nitro benzene ring substituents is 1. The molecule has 140 valence electrons. The molecule has 1 aromatic rings. The largest absolute Gasteiger partial charge is 0.342 e. The lowest BCUT2D eigenvalue weighted by Gasteiger charge is -2.35. The fourth-order valence-electron chi connectivity index (χ4n) is 3.54. The molecule has 0 saturated carbocycles. The first-order chi connectivity index (χ1) is 12.5. The fourth-order valence-corrected chi connectivity index (χ4v) is 3.54. The van der Waals surface area contributed by atoms with Gasteiger partial charge in [0, 0.05) is 56.5 Å². The van der Waals surface area contributed by atoms with Crippen LogP contribution in [0.5, 0.6) is 0 Å². The lowest BCUT2D eigenvalue weighted by molar-refractivity contribution is -0.385. The molecule has 0 bridgehead atoms. The Labute approximate surface area is 152 Å². The maximum absolute atomic E-state index is 12.6. The molecule has 8 heteroatoms. The van der Waals surface area contributed by atoms with Gasteiger partial charge in [-0.1, -0.05) is 0 Å². The molecule has 3 rings (SSSR count). The summed E-state index contributed by atoms with van der Waals surface area (Å²) in [6.45, 7) is 6.21. The molecule has 2 amide bonds. The van der Waals surface area contributed by atoms with Crippen molar-refractivity contribution in [2.75, 3.05) is 45.8 Å². The van der Waals surface area contributed by atoms with Gasteiger partial charge in [-0.2, -0.15) is 0 Å². The molecule has 1 aromatic carbocycles. The highest BCUT2D eigenvalue weighted by Crippen LogP contribution is 2.20. The Balaban J connectivity index is 1.54. The van der Waals surface area contributed by atoms with Crippen molar-refractivity contribution in [2.45, 2.75) is 19.8 Å². The highest BCUT2D eigenvalue weighted by Gasteiger charge is 2.26. The summed E-state index contributed by atoms with van der Waals surface area (Å²) >= 11 is 0. The molecule has 2 aliphatic heterocycles. The van der Waals surface area contributed by atoms with Crippen molar-refractivity contribution < 1.29 is 14.5 Å². The van der Waals surface area contributed by atoms with E-state index in [1.54, 1.807) is 17.9 Å². The van der Waals surface area contributed by atoms with Gasteiger partial charge in [0.05, 0.1) is 11.5 Å². The second-order valence-corrected chi connectivity index (χ2v) is 6.91. The van der Waals surface area contributed by atoms with Crippen molar-refractivity contribution >= 4 is 17.5 Å². The Hall–Kier alpha value is -2.48. The number of amides is 2. The van der Waals surface area contributed by atoms with E-state index in [1.807, 2.05) is 4.90 Å². The second-order valence-electron chi connectivity index (χ2n) is 6.91. The molecule has 26 heavy (non-hydrogen) atoms.